The van der Waals surface area contributed by atoms with Crippen LogP contribution in [-0.2, 0) is 16.0 Å². The topological polar surface area (TPSA) is 82.6 Å². The molecule has 2 fully saturated rings. The molecule has 2 saturated heterocycles. The molecule has 172 valence electrons. The zero-order chi connectivity index (χ0) is 22.6. The van der Waals surface area contributed by atoms with E-state index in [-0.39, 0.29) is 11.8 Å². The highest BCUT2D eigenvalue weighted by atomic mass is 16.5. The van der Waals surface area contributed by atoms with Crippen molar-refractivity contribution in [3.8, 4) is 22.9 Å². The molecule has 2 aliphatic rings. The number of pyridine rings is 2. The van der Waals surface area contributed by atoms with Gasteiger partial charge in [-0.25, -0.2) is 4.98 Å². The van der Waals surface area contributed by atoms with Gasteiger partial charge < -0.3 is 19.5 Å². The Morgan fingerprint density at radius 2 is 2.15 bits per heavy atom. The van der Waals surface area contributed by atoms with Crippen molar-refractivity contribution in [3.05, 3.63) is 48.2 Å². The molecule has 0 aliphatic carbocycles. The summed E-state index contributed by atoms with van der Waals surface area (Å²) in [6.07, 6.45) is 5.50. The molecule has 0 bridgehead atoms. The molecular weight excluding hydrogens is 418 g/mol. The molecule has 0 radical (unpaired) electrons. The fraction of sp³-hybridized carbons (Fsp3) is 0.423. The molecule has 1 N–H and O–H groups in total. The Balaban J connectivity index is 1.43. The Bertz CT molecular complexity index is 1140. The molecule has 4 heterocycles. The van der Waals surface area contributed by atoms with Crippen LogP contribution >= 0.6 is 0 Å². The quantitative estimate of drug-likeness (QED) is 0.593. The van der Waals surface area contributed by atoms with Crippen LogP contribution in [0.3, 0.4) is 0 Å². The van der Waals surface area contributed by atoms with Gasteiger partial charge in [-0.15, -0.1) is 0 Å². The smallest absolute Gasteiger partial charge is 0.223 e. The van der Waals surface area contributed by atoms with Gasteiger partial charge in [-0.05, 0) is 55.0 Å². The predicted octanol–water partition coefficient (Wildman–Crippen LogP) is 3.79. The van der Waals surface area contributed by atoms with Crippen LogP contribution in [0.1, 0.15) is 24.8 Å². The van der Waals surface area contributed by atoms with Crippen molar-refractivity contribution in [3.63, 3.8) is 0 Å². The zero-order valence-corrected chi connectivity index (χ0v) is 18.9. The summed E-state index contributed by atoms with van der Waals surface area (Å²) in [7, 11) is 1.71. The van der Waals surface area contributed by atoms with Crippen LogP contribution in [0.15, 0.2) is 42.6 Å². The third kappa shape index (κ3) is 4.93. The van der Waals surface area contributed by atoms with E-state index >= 15 is 0 Å². The Morgan fingerprint density at radius 3 is 2.94 bits per heavy atom. The number of carbonyl (C=O) groups excluding carboxylic acids is 1. The summed E-state index contributed by atoms with van der Waals surface area (Å²) in [6, 6.07) is 12.1. The minimum Gasteiger partial charge on any atom is -0.496 e. The summed E-state index contributed by atoms with van der Waals surface area (Å²) < 4.78 is 17.5. The number of fused-ring (bicyclic) bond motifs is 1. The molecule has 7 heteroatoms. The normalized spacial score (nSPS) is 20.6. The number of ether oxygens (including phenoxy) is 3. The molecule has 0 unspecified atom stereocenters. The van der Waals surface area contributed by atoms with Crippen molar-refractivity contribution in [2.45, 2.75) is 25.7 Å². The number of nitrogens with one attached hydrogen (secondary N) is 1. The standard InChI is InChI=1S/C26H29N3O4/c1-31-24-12-19(6-7-20(24)10-17-4-3-9-32-15-17)22-13-23-21(5-2-8-27-23)26(29-22)33-16-18-11-25(30)28-14-18/h2,5-8,12-13,17-18H,3-4,9-11,14-16H2,1H3,(H,28,30)/t17-,18-/m1/s1. The van der Waals surface area contributed by atoms with E-state index in [4.69, 9.17) is 19.2 Å². The molecule has 0 spiro atoms. The summed E-state index contributed by atoms with van der Waals surface area (Å²) >= 11 is 0. The summed E-state index contributed by atoms with van der Waals surface area (Å²) in [4.78, 5) is 20.9. The molecule has 2 aromatic heterocycles. The zero-order valence-electron chi connectivity index (χ0n) is 18.9. The van der Waals surface area contributed by atoms with Gasteiger partial charge in [-0.2, -0.15) is 0 Å². The summed E-state index contributed by atoms with van der Waals surface area (Å²) in [5.41, 5.74) is 3.74. The Kier molecular flexibility index (Phi) is 6.39. The van der Waals surface area contributed by atoms with E-state index in [1.54, 1.807) is 13.3 Å². The molecule has 3 aromatic rings. The molecule has 7 nitrogen and oxygen atoms in total. The second kappa shape index (κ2) is 9.75. The predicted molar refractivity (Wildman–Crippen MR) is 125 cm³/mol. The summed E-state index contributed by atoms with van der Waals surface area (Å²) in [6.45, 7) is 2.75. The first-order valence-electron chi connectivity index (χ1n) is 11.6. The number of amides is 1. The number of methoxy groups -OCH3 is 1. The van der Waals surface area contributed by atoms with Crippen LogP contribution in [0.2, 0.25) is 0 Å². The fourth-order valence-corrected chi connectivity index (χ4v) is 4.63. The van der Waals surface area contributed by atoms with Gasteiger partial charge in [0.15, 0.2) is 0 Å². The molecule has 33 heavy (non-hydrogen) atoms. The van der Waals surface area contributed by atoms with E-state index in [0.29, 0.717) is 31.4 Å². The van der Waals surface area contributed by atoms with Crippen molar-refractivity contribution in [1.82, 2.24) is 15.3 Å². The van der Waals surface area contributed by atoms with Crippen LogP contribution in [0.25, 0.3) is 22.2 Å². The van der Waals surface area contributed by atoms with Gasteiger partial charge >= 0.3 is 0 Å². The average molecular weight is 448 g/mol. The first-order chi connectivity index (χ1) is 16.2. The van der Waals surface area contributed by atoms with Gasteiger partial charge in [0.1, 0.15) is 5.75 Å². The second-order valence-corrected chi connectivity index (χ2v) is 8.88. The maximum absolute atomic E-state index is 11.5. The Morgan fingerprint density at radius 1 is 1.21 bits per heavy atom. The average Bonchev–Trinajstić information content (AvgIpc) is 3.28. The van der Waals surface area contributed by atoms with Gasteiger partial charge in [0.2, 0.25) is 11.8 Å². The van der Waals surface area contributed by atoms with Crippen molar-refractivity contribution >= 4 is 16.8 Å². The highest BCUT2D eigenvalue weighted by Gasteiger charge is 2.23. The number of aromatic nitrogens is 2. The largest absolute Gasteiger partial charge is 0.496 e. The van der Waals surface area contributed by atoms with Crippen molar-refractivity contribution < 1.29 is 19.0 Å². The Labute approximate surface area is 193 Å². The van der Waals surface area contributed by atoms with Gasteiger partial charge in [0.25, 0.3) is 0 Å². The van der Waals surface area contributed by atoms with Gasteiger partial charge in [0, 0.05) is 43.9 Å². The maximum Gasteiger partial charge on any atom is 0.223 e. The number of carbonyl (C=O) groups is 1. The van der Waals surface area contributed by atoms with Gasteiger partial charge in [-0.3, -0.25) is 9.78 Å². The van der Waals surface area contributed by atoms with Crippen LogP contribution in [0, 0.1) is 11.8 Å². The van der Waals surface area contributed by atoms with E-state index in [1.807, 2.05) is 24.3 Å². The van der Waals surface area contributed by atoms with E-state index < -0.39 is 0 Å². The lowest BCUT2D eigenvalue weighted by atomic mass is 9.93. The third-order valence-electron chi connectivity index (χ3n) is 6.43. The van der Waals surface area contributed by atoms with E-state index in [1.165, 1.54) is 12.0 Å². The second-order valence-electron chi connectivity index (χ2n) is 8.88. The van der Waals surface area contributed by atoms with Crippen molar-refractivity contribution in [2.24, 2.45) is 11.8 Å². The van der Waals surface area contributed by atoms with Crippen LogP contribution in [0.4, 0.5) is 0 Å². The number of hydrogen-bond acceptors (Lipinski definition) is 6. The highest BCUT2D eigenvalue weighted by molar-refractivity contribution is 5.87. The first kappa shape index (κ1) is 21.6. The summed E-state index contributed by atoms with van der Waals surface area (Å²) in [5.74, 6) is 2.15. The van der Waals surface area contributed by atoms with E-state index in [2.05, 4.69) is 22.4 Å². The molecule has 2 atom stereocenters. The highest BCUT2D eigenvalue weighted by Crippen LogP contribution is 2.33. The summed E-state index contributed by atoms with van der Waals surface area (Å²) in [5, 5.41) is 3.71. The molecule has 0 saturated carbocycles. The lowest BCUT2D eigenvalue weighted by Gasteiger charge is -2.23. The van der Waals surface area contributed by atoms with Gasteiger partial charge in [0.05, 0.1) is 30.3 Å². The fourth-order valence-electron chi connectivity index (χ4n) is 4.63. The molecule has 2 aliphatic heterocycles. The van der Waals surface area contributed by atoms with Crippen LogP contribution < -0.4 is 14.8 Å². The molecule has 1 aromatic carbocycles. The van der Waals surface area contributed by atoms with E-state index in [0.717, 1.165) is 54.0 Å². The van der Waals surface area contributed by atoms with Crippen molar-refractivity contribution in [2.75, 3.05) is 33.5 Å². The molecule has 1 amide bonds. The van der Waals surface area contributed by atoms with Crippen LogP contribution in [0.5, 0.6) is 11.6 Å². The SMILES string of the molecule is COc1cc(-c2cc3ncccc3c(OC[C@H]3CNC(=O)C3)n2)ccc1C[C@H]1CCCOC1. The number of rotatable bonds is 7. The maximum atomic E-state index is 11.5. The van der Waals surface area contributed by atoms with Crippen LogP contribution in [-0.4, -0.2) is 49.4 Å². The van der Waals surface area contributed by atoms with Crippen molar-refractivity contribution in [1.29, 1.82) is 0 Å². The first-order valence-corrected chi connectivity index (χ1v) is 11.6. The Hall–Kier alpha value is -3.19. The lowest BCUT2D eigenvalue weighted by Crippen LogP contribution is -2.19. The third-order valence-corrected chi connectivity index (χ3v) is 6.43. The molecular formula is C26H29N3O4. The monoisotopic (exact) mass is 447 g/mol. The lowest BCUT2D eigenvalue weighted by molar-refractivity contribution is -0.119. The number of nitrogens with zero attached hydrogens (tertiary/aromatic N) is 2. The minimum absolute atomic E-state index is 0.0730. The number of hydrogen-bond donors (Lipinski definition) is 1. The van der Waals surface area contributed by atoms with Gasteiger partial charge in [-0.1, -0.05) is 12.1 Å². The minimum atomic E-state index is 0.0730. The molecule has 5 rings (SSSR count). The van der Waals surface area contributed by atoms with E-state index in [9.17, 15) is 4.79 Å². The number of benzene rings is 1.